The van der Waals surface area contributed by atoms with E-state index in [1.807, 2.05) is 0 Å². The molecule has 24 heavy (non-hydrogen) atoms. The van der Waals surface area contributed by atoms with Gasteiger partial charge in [0.1, 0.15) is 16.3 Å². The molecular weight excluding hydrogens is 373 g/mol. The first-order chi connectivity index (χ1) is 10.6. The topological polar surface area (TPSA) is 63.6 Å². The van der Waals surface area contributed by atoms with Gasteiger partial charge in [0.15, 0.2) is 0 Å². The predicted octanol–water partition coefficient (Wildman–Crippen LogP) is 2.76. The minimum atomic E-state index is -5.51. The third-order valence-electron chi connectivity index (χ3n) is 3.58. The maximum atomic E-state index is 13.1. The van der Waals surface area contributed by atoms with Gasteiger partial charge in [0, 0.05) is 0 Å². The van der Waals surface area contributed by atoms with Crippen molar-refractivity contribution >= 4 is 9.84 Å². The van der Waals surface area contributed by atoms with Crippen molar-refractivity contribution in [3.05, 3.63) is 0 Å². The van der Waals surface area contributed by atoms with Crippen molar-refractivity contribution in [2.75, 3.05) is 18.1 Å². The fourth-order valence-electron chi connectivity index (χ4n) is 2.29. The summed E-state index contributed by atoms with van der Waals surface area (Å²) in [6.45, 7) is -1.29. The molecule has 1 heterocycles. The highest BCUT2D eigenvalue weighted by Crippen LogP contribution is 2.43. The van der Waals surface area contributed by atoms with E-state index >= 15 is 0 Å². The van der Waals surface area contributed by atoms with Crippen LogP contribution in [0.3, 0.4) is 0 Å². The van der Waals surface area contributed by atoms with E-state index in [4.69, 9.17) is 0 Å². The highest BCUT2D eigenvalue weighted by molar-refractivity contribution is 7.91. The van der Waals surface area contributed by atoms with Crippen molar-refractivity contribution in [3.8, 4) is 0 Å². The third-order valence-corrected chi connectivity index (χ3v) is 5.30. The van der Waals surface area contributed by atoms with Crippen LogP contribution < -0.4 is 0 Å². The zero-order chi connectivity index (χ0) is 18.8. The summed E-state index contributed by atoms with van der Waals surface area (Å²) in [6.07, 6.45) is -15.4. The van der Waals surface area contributed by atoms with Crippen LogP contribution in [-0.2, 0) is 14.6 Å². The van der Waals surface area contributed by atoms with Gasteiger partial charge in [-0.05, 0) is 25.2 Å². The minimum Gasteiger partial charge on any atom is -0.391 e. The number of sulfone groups is 1. The molecule has 0 bridgehead atoms. The van der Waals surface area contributed by atoms with E-state index in [0.717, 1.165) is 0 Å². The Balaban J connectivity index is 2.49. The molecule has 1 N–H and O–H groups in total. The molecule has 0 aromatic carbocycles. The van der Waals surface area contributed by atoms with Crippen LogP contribution in [0.1, 0.15) is 25.7 Å². The number of hydrogen-bond donors (Lipinski definition) is 1. The summed E-state index contributed by atoms with van der Waals surface area (Å²) in [5.41, 5.74) is 0. The largest absolute Gasteiger partial charge is 0.419 e. The van der Waals surface area contributed by atoms with Gasteiger partial charge in [0.2, 0.25) is 0 Å². The van der Waals surface area contributed by atoms with E-state index in [1.165, 1.54) is 0 Å². The zero-order valence-electron chi connectivity index (χ0n) is 12.3. The number of alkyl halides is 7. The first-order valence-corrected chi connectivity index (χ1v) is 8.80. The summed E-state index contributed by atoms with van der Waals surface area (Å²) in [4.78, 5) is 0. The normalized spacial score (nSPS) is 21.7. The molecule has 0 amide bonds. The fourth-order valence-corrected chi connectivity index (χ4v) is 3.88. The van der Waals surface area contributed by atoms with Gasteiger partial charge in [0.05, 0.1) is 24.2 Å². The smallest absolute Gasteiger partial charge is 0.391 e. The highest BCUT2D eigenvalue weighted by Gasteiger charge is 2.62. The third kappa shape index (κ3) is 6.71. The Labute approximate surface area is 133 Å². The van der Waals surface area contributed by atoms with Crippen molar-refractivity contribution in [1.82, 2.24) is 0 Å². The first-order valence-electron chi connectivity index (χ1n) is 6.98. The Kier molecular flexibility index (Phi) is 6.54. The highest BCUT2D eigenvalue weighted by atomic mass is 32.2. The van der Waals surface area contributed by atoms with E-state index in [2.05, 4.69) is 4.74 Å². The maximum absolute atomic E-state index is 13.1. The van der Waals surface area contributed by atoms with Crippen LogP contribution in [-0.4, -0.2) is 55.9 Å². The second-order valence-electron chi connectivity index (χ2n) is 5.81. The van der Waals surface area contributed by atoms with Gasteiger partial charge in [-0.3, -0.25) is 0 Å². The monoisotopic (exact) mass is 390 g/mol. The molecule has 12 heteroatoms. The molecule has 0 spiro atoms. The summed E-state index contributed by atoms with van der Waals surface area (Å²) in [6, 6.07) is 0. The Morgan fingerprint density at radius 1 is 1.04 bits per heavy atom. The summed E-state index contributed by atoms with van der Waals surface area (Å²) < 4.78 is 114. The van der Waals surface area contributed by atoms with Gasteiger partial charge in [-0.15, -0.1) is 0 Å². The Morgan fingerprint density at radius 3 is 2.00 bits per heavy atom. The van der Waals surface area contributed by atoms with Crippen LogP contribution in [0.25, 0.3) is 0 Å². The zero-order valence-corrected chi connectivity index (χ0v) is 13.1. The SMILES string of the molecule is O=S1(=O)CCC(CC(O)COC(F)(F)C(F)(F)CC(F)(F)F)CC1. The van der Waals surface area contributed by atoms with Gasteiger partial charge in [0.25, 0.3) is 0 Å². The molecule has 0 radical (unpaired) electrons. The van der Waals surface area contributed by atoms with Crippen LogP contribution in [0.4, 0.5) is 30.7 Å². The van der Waals surface area contributed by atoms with Gasteiger partial charge in [-0.25, -0.2) is 8.42 Å². The molecule has 1 rings (SSSR count). The van der Waals surface area contributed by atoms with Crippen LogP contribution in [0, 0.1) is 5.92 Å². The van der Waals surface area contributed by atoms with E-state index in [-0.39, 0.29) is 36.7 Å². The second-order valence-corrected chi connectivity index (χ2v) is 8.11. The minimum absolute atomic E-state index is 0.134. The Bertz CT molecular complexity index is 504. The number of halogens is 7. The van der Waals surface area contributed by atoms with Crippen molar-refractivity contribution in [1.29, 1.82) is 0 Å². The number of rotatable bonds is 7. The van der Waals surface area contributed by atoms with Crippen molar-refractivity contribution in [2.24, 2.45) is 5.92 Å². The van der Waals surface area contributed by atoms with E-state index in [9.17, 15) is 44.3 Å². The van der Waals surface area contributed by atoms with Crippen molar-refractivity contribution < 1.29 is 49.0 Å². The molecule has 1 atom stereocenters. The lowest BCUT2D eigenvalue weighted by Crippen LogP contribution is -2.47. The van der Waals surface area contributed by atoms with E-state index < -0.39 is 47.2 Å². The quantitative estimate of drug-likeness (QED) is 0.679. The summed E-state index contributed by atoms with van der Waals surface area (Å²) in [5.74, 6) is -6.06. The molecule has 4 nitrogen and oxygen atoms in total. The second kappa shape index (κ2) is 7.32. The number of aliphatic hydroxyl groups excluding tert-OH is 1. The lowest BCUT2D eigenvalue weighted by atomic mass is 9.96. The van der Waals surface area contributed by atoms with Gasteiger partial charge in [-0.2, -0.15) is 30.7 Å². The Morgan fingerprint density at radius 2 is 1.54 bits per heavy atom. The van der Waals surface area contributed by atoms with E-state index in [1.54, 1.807) is 0 Å². The van der Waals surface area contributed by atoms with Gasteiger partial charge >= 0.3 is 18.2 Å². The summed E-state index contributed by atoms with van der Waals surface area (Å²) >= 11 is 0. The fraction of sp³-hybridized carbons (Fsp3) is 1.00. The predicted molar refractivity (Wildman–Crippen MR) is 68.5 cm³/mol. The standard InChI is InChI=1S/C12H17F7O4S/c13-10(14,7-11(15,16)17)12(18,19)23-6-9(20)5-8-1-3-24(21,22)4-2-8/h8-9,20H,1-7H2. The number of ether oxygens (including phenoxy) is 1. The van der Waals surface area contributed by atoms with E-state index in [0.29, 0.717) is 0 Å². The number of hydrogen-bond acceptors (Lipinski definition) is 4. The molecular formula is C12H17F7O4S. The molecule has 0 aromatic heterocycles. The van der Waals surface area contributed by atoms with Crippen LogP contribution >= 0.6 is 0 Å². The lowest BCUT2D eigenvalue weighted by Gasteiger charge is -2.29. The molecule has 1 saturated heterocycles. The van der Waals surface area contributed by atoms with Crippen molar-refractivity contribution in [3.63, 3.8) is 0 Å². The maximum Gasteiger partial charge on any atom is 0.419 e. The molecule has 0 aliphatic carbocycles. The molecule has 1 aliphatic heterocycles. The van der Waals surface area contributed by atoms with Crippen LogP contribution in [0.5, 0.6) is 0 Å². The molecule has 144 valence electrons. The van der Waals surface area contributed by atoms with Gasteiger partial charge in [-0.1, -0.05) is 0 Å². The molecule has 1 fully saturated rings. The molecule has 0 aromatic rings. The van der Waals surface area contributed by atoms with Gasteiger partial charge < -0.3 is 9.84 Å². The summed E-state index contributed by atoms with van der Waals surface area (Å²) in [7, 11) is -3.16. The van der Waals surface area contributed by atoms with Crippen LogP contribution in [0.2, 0.25) is 0 Å². The first kappa shape index (κ1) is 21.4. The number of aliphatic hydroxyl groups is 1. The van der Waals surface area contributed by atoms with Crippen LogP contribution in [0.15, 0.2) is 0 Å². The summed E-state index contributed by atoms with van der Waals surface area (Å²) in [5, 5.41) is 9.52. The molecule has 1 unspecified atom stereocenters. The van der Waals surface area contributed by atoms with Crippen molar-refractivity contribution in [2.45, 2.75) is 50.0 Å². The average Bonchev–Trinajstić information content (AvgIpc) is 2.36. The molecule has 1 aliphatic rings. The molecule has 0 saturated carbocycles. The average molecular weight is 390 g/mol. The lowest BCUT2D eigenvalue weighted by molar-refractivity contribution is -0.369. The Hall–Kier alpha value is -0.620.